The van der Waals surface area contributed by atoms with Crippen LogP contribution in [-0.2, 0) is 31.5 Å². The number of methoxy groups -OCH3 is 2. The molecule has 0 N–H and O–H groups in total. The van der Waals surface area contributed by atoms with E-state index in [1.165, 1.54) is 4.90 Å². The molecule has 1 rings (SSSR count). The average Bonchev–Trinajstić information content (AvgIpc) is 2.72. The Balaban J connectivity index is 3.11. The molecular formula is C21H31NO6S. The molecule has 0 aliphatic carbocycles. The highest BCUT2D eigenvalue weighted by Crippen LogP contribution is 2.28. The lowest BCUT2D eigenvalue weighted by Crippen LogP contribution is -2.36. The third-order valence-corrected chi connectivity index (χ3v) is 5.72. The molecule has 8 heteroatoms. The lowest BCUT2D eigenvalue weighted by atomic mass is 10.1. The third kappa shape index (κ3) is 7.20. The van der Waals surface area contributed by atoms with Gasteiger partial charge in [-0.2, -0.15) is 0 Å². The minimum atomic E-state index is -1.25. The average molecular weight is 426 g/mol. The van der Waals surface area contributed by atoms with Gasteiger partial charge in [-0.1, -0.05) is 13.0 Å². The second kappa shape index (κ2) is 12.3. The van der Waals surface area contributed by atoms with Crippen molar-refractivity contribution in [1.29, 1.82) is 0 Å². The van der Waals surface area contributed by atoms with Crippen molar-refractivity contribution in [2.24, 2.45) is 0 Å². The van der Waals surface area contributed by atoms with Gasteiger partial charge in [-0.05, 0) is 44.9 Å². The van der Waals surface area contributed by atoms with Gasteiger partial charge in [0.05, 0.1) is 26.4 Å². The summed E-state index contributed by atoms with van der Waals surface area (Å²) in [6.45, 7) is 7.41. The summed E-state index contributed by atoms with van der Waals surface area (Å²) in [4.78, 5) is 26.4. The van der Waals surface area contributed by atoms with Crippen LogP contribution in [0, 0.1) is 0 Å². The van der Waals surface area contributed by atoms with Gasteiger partial charge in [0, 0.05) is 28.8 Å². The summed E-state index contributed by atoms with van der Waals surface area (Å²) < 4.78 is 27.5. The molecule has 0 bridgehead atoms. The molecule has 1 aromatic rings. The highest BCUT2D eigenvalue weighted by molar-refractivity contribution is 7.85. The van der Waals surface area contributed by atoms with Crippen LogP contribution in [0.4, 0.5) is 0 Å². The first-order chi connectivity index (χ1) is 13.8. The Morgan fingerprint density at radius 3 is 2.28 bits per heavy atom. The normalized spacial score (nSPS) is 12.6. The van der Waals surface area contributed by atoms with Crippen LogP contribution in [0.1, 0.15) is 33.3 Å². The van der Waals surface area contributed by atoms with Crippen LogP contribution in [0.5, 0.6) is 11.5 Å². The van der Waals surface area contributed by atoms with E-state index >= 15 is 0 Å². The zero-order valence-electron chi connectivity index (χ0n) is 18.1. The van der Waals surface area contributed by atoms with E-state index in [0.717, 1.165) is 5.56 Å². The number of carbonyl (C=O) groups is 2. The minimum Gasteiger partial charge on any atom is -0.493 e. The third-order valence-electron chi connectivity index (χ3n) is 4.51. The predicted octanol–water partition coefficient (Wildman–Crippen LogP) is 2.70. The molecular weight excluding hydrogens is 394 g/mol. The molecule has 29 heavy (non-hydrogen) atoms. The van der Waals surface area contributed by atoms with Gasteiger partial charge in [-0.3, -0.25) is 9.00 Å². The van der Waals surface area contributed by atoms with E-state index < -0.39 is 16.8 Å². The standard InChI is InChI=1S/C21H31NO6S/c1-7-28-21(24)15(3)16(4)22(20(23)14-29(25)8-2)12-11-17-9-10-18(26-5)19(13-17)27-6/h9-10,13H,7-8,11-12,14H2,1-6H3/b16-15-. The van der Waals surface area contributed by atoms with Crippen molar-refractivity contribution in [3.8, 4) is 11.5 Å². The molecule has 0 saturated heterocycles. The van der Waals surface area contributed by atoms with Crippen LogP contribution in [-0.4, -0.2) is 59.9 Å². The Morgan fingerprint density at radius 2 is 1.72 bits per heavy atom. The highest BCUT2D eigenvalue weighted by atomic mass is 32.2. The molecule has 0 aliphatic rings. The number of nitrogens with zero attached hydrogens (tertiary/aromatic N) is 1. The van der Waals surface area contributed by atoms with Crippen LogP contribution in [0.2, 0.25) is 0 Å². The maximum atomic E-state index is 12.8. The van der Waals surface area contributed by atoms with Gasteiger partial charge >= 0.3 is 5.97 Å². The number of ether oxygens (including phenoxy) is 3. The van der Waals surface area contributed by atoms with Gasteiger partial charge in [0.1, 0.15) is 5.75 Å². The van der Waals surface area contributed by atoms with Crippen LogP contribution < -0.4 is 9.47 Å². The van der Waals surface area contributed by atoms with Crippen molar-refractivity contribution < 1.29 is 28.0 Å². The van der Waals surface area contributed by atoms with E-state index in [2.05, 4.69) is 0 Å². The van der Waals surface area contributed by atoms with Gasteiger partial charge < -0.3 is 19.1 Å². The molecule has 0 heterocycles. The van der Waals surface area contributed by atoms with Crippen LogP contribution in [0.25, 0.3) is 0 Å². The Bertz CT molecular complexity index is 774. The number of benzene rings is 1. The minimum absolute atomic E-state index is 0.0874. The molecule has 0 fully saturated rings. The lowest BCUT2D eigenvalue weighted by Gasteiger charge is -2.25. The van der Waals surface area contributed by atoms with E-state index in [4.69, 9.17) is 14.2 Å². The van der Waals surface area contributed by atoms with Gasteiger partial charge in [-0.25, -0.2) is 4.79 Å². The number of esters is 1. The number of amides is 1. The monoisotopic (exact) mass is 425 g/mol. The summed E-state index contributed by atoms with van der Waals surface area (Å²) in [5.41, 5.74) is 1.80. The summed E-state index contributed by atoms with van der Waals surface area (Å²) >= 11 is 0. The molecule has 0 aromatic heterocycles. The molecule has 1 atom stereocenters. The van der Waals surface area contributed by atoms with E-state index in [-0.39, 0.29) is 18.3 Å². The van der Waals surface area contributed by atoms with E-state index in [1.807, 2.05) is 12.1 Å². The van der Waals surface area contributed by atoms with Gasteiger partial charge in [0.15, 0.2) is 11.5 Å². The van der Waals surface area contributed by atoms with E-state index in [0.29, 0.717) is 41.5 Å². The first kappa shape index (κ1) is 24.7. The topological polar surface area (TPSA) is 82.1 Å². The van der Waals surface area contributed by atoms with Gasteiger partial charge in [-0.15, -0.1) is 0 Å². The predicted molar refractivity (Wildman–Crippen MR) is 114 cm³/mol. The first-order valence-corrected chi connectivity index (χ1v) is 11.0. The fourth-order valence-electron chi connectivity index (χ4n) is 2.66. The van der Waals surface area contributed by atoms with Gasteiger partial charge in [0.2, 0.25) is 5.91 Å². The molecule has 7 nitrogen and oxygen atoms in total. The van der Waals surface area contributed by atoms with E-state index in [1.54, 1.807) is 48.0 Å². The first-order valence-electron chi connectivity index (χ1n) is 9.49. The van der Waals surface area contributed by atoms with Crippen molar-refractivity contribution in [1.82, 2.24) is 4.90 Å². The SMILES string of the molecule is CCOC(=O)/C(C)=C(/C)N(CCc1ccc(OC)c(OC)c1)C(=O)CS(=O)CC. The van der Waals surface area contributed by atoms with Crippen molar-refractivity contribution in [2.45, 2.75) is 34.1 Å². The lowest BCUT2D eigenvalue weighted by molar-refractivity contribution is -0.138. The van der Waals surface area contributed by atoms with Crippen LogP contribution in [0.15, 0.2) is 29.5 Å². The maximum absolute atomic E-state index is 12.8. The molecule has 0 saturated carbocycles. The molecule has 162 valence electrons. The Labute approximate surface area is 175 Å². The quantitative estimate of drug-likeness (QED) is 0.400. The highest BCUT2D eigenvalue weighted by Gasteiger charge is 2.22. The Morgan fingerprint density at radius 1 is 1.07 bits per heavy atom. The fraction of sp³-hybridized carbons (Fsp3) is 0.524. The molecule has 1 aromatic carbocycles. The number of rotatable bonds is 11. The maximum Gasteiger partial charge on any atom is 0.335 e. The summed E-state index contributed by atoms with van der Waals surface area (Å²) in [5.74, 6) is 0.782. The van der Waals surface area contributed by atoms with E-state index in [9.17, 15) is 13.8 Å². The summed E-state index contributed by atoms with van der Waals surface area (Å²) in [5, 5.41) is 0. The van der Waals surface area contributed by atoms with Crippen LogP contribution >= 0.6 is 0 Å². The summed E-state index contributed by atoms with van der Waals surface area (Å²) in [6, 6.07) is 5.55. The second-order valence-corrected chi connectivity index (χ2v) is 8.03. The number of hydrogen-bond acceptors (Lipinski definition) is 6. The molecule has 0 spiro atoms. The Hall–Kier alpha value is -2.35. The largest absolute Gasteiger partial charge is 0.493 e. The fourth-order valence-corrected chi connectivity index (χ4v) is 3.30. The van der Waals surface area contributed by atoms with Crippen molar-refractivity contribution in [2.75, 3.05) is 38.9 Å². The van der Waals surface area contributed by atoms with Gasteiger partial charge in [0.25, 0.3) is 0 Å². The number of allylic oxidation sites excluding steroid dienone is 1. The second-order valence-electron chi connectivity index (χ2n) is 6.29. The molecule has 1 unspecified atom stereocenters. The summed E-state index contributed by atoms with van der Waals surface area (Å²) in [6.07, 6.45) is 0.526. The smallest absolute Gasteiger partial charge is 0.335 e. The number of hydrogen-bond donors (Lipinski definition) is 0. The molecule has 1 amide bonds. The van der Waals surface area contributed by atoms with Crippen LogP contribution in [0.3, 0.4) is 0 Å². The molecule has 0 aliphatic heterocycles. The number of carbonyl (C=O) groups excluding carboxylic acids is 2. The zero-order chi connectivity index (χ0) is 22.0. The molecule has 0 radical (unpaired) electrons. The Kier molecular flexibility index (Phi) is 10.4. The van der Waals surface area contributed by atoms with Crippen molar-refractivity contribution in [3.63, 3.8) is 0 Å². The van der Waals surface area contributed by atoms with Crippen molar-refractivity contribution in [3.05, 3.63) is 35.0 Å². The van der Waals surface area contributed by atoms with Crippen molar-refractivity contribution >= 4 is 22.7 Å². The zero-order valence-corrected chi connectivity index (χ0v) is 18.9. The summed E-state index contributed by atoms with van der Waals surface area (Å²) in [7, 11) is 1.88.